The van der Waals surface area contributed by atoms with E-state index >= 15 is 0 Å². The van der Waals surface area contributed by atoms with Gasteiger partial charge in [-0.05, 0) is 43.0 Å². The molecule has 2 rings (SSSR count). The Morgan fingerprint density at radius 3 is 2.84 bits per heavy atom. The van der Waals surface area contributed by atoms with Crippen LogP contribution in [0.4, 0.5) is 0 Å². The van der Waals surface area contributed by atoms with Crippen LogP contribution < -0.4 is 5.32 Å². The van der Waals surface area contributed by atoms with E-state index < -0.39 is 0 Å². The average molecular weight is 344 g/mol. The molecule has 1 aliphatic carbocycles. The summed E-state index contributed by atoms with van der Waals surface area (Å²) < 4.78 is 0. The average Bonchev–Trinajstić information content (AvgIpc) is 3.09. The molecule has 106 valence electrons. The molecule has 1 aromatic rings. The summed E-state index contributed by atoms with van der Waals surface area (Å²) in [5.74, 6) is 0.852. The number of hydrogen-bond acceptors (Lipinski definition) is 2. The highest BCUT2D eigenvalue weighted by molar-refractivity contribution is 9.09. The predicted molar refractivity (Wildman–Crippen MR) is 84.8 cm³/mol. The molecule has 1 unspecified atom stereocenters. The van der Waals surface area contributed by atoms with Crippen LogP contribution in [0.25, 0.3) is 0 Å². The largest absolute Gasteiger partial charge is 0.348 e. The van der Waals surface area contributed by atoms with Gasteiger partial charge in [0.25, 0.3) is 0 Å². The normalized spacial score (nSPS) is 17.5. The van der Waals surface area contributed by atoms with E-state index in [1.54, 1.807) is 11.3 Å². The van der Waals surface area contributed by atoms with Gasteiger partial charge in [0.1, 0.15) is 0 Å². The fourth-order valence-corrected chi connectivity index (χ4v) is 4.07. The summed E-state index contributed by atoms with van der Waals surface area (Å²) in [6.07, 6.45) is 7.83. The maximum absolute atomic E-state index is 12.1. The minimum atomic E-state index is 0.214. The summed E-state index contributed by atoms with van der Waals surface area (Å²) in [6, 6.07) is 4.49. The predicted octanol–water partition coefficient (Wildman–Crippen LogP) is 4.66. The molecule has 1 aromatic heterocycles. The van der Waals surface area contributed by atoms with E-state index in [1.165, 1.54) is 30.6 Å². The van der Waals surface area contributed by atoms with Crippen LogP contribution in [0.15, 0.2) is 17.5 Å². The number of amides is 1. The minimum absolute atomic E-state index is 0.214. The van der Waals surface area contributed by atoms with Crippen molar-refractivity contribution in [3.05, 3.63) is 22.4 Å². The van der Waals surface area contributed by atoms with Crippen molar-refractivity contribution in [2.45, 2.75) is 51.0 Å². The zero-order valence-corrected chi connectivity index (χ0v) is 13.6. The third kappa shape index (κ3) is 4.60. The Labute approximate surface area is 128 Å². The second-order valence-electron chi connectivity index (χ2n) is 5.25. The van der Waals surface area contributed by atoms with E-state index in [2.05, 4.69) is 38.8 Å². The highest BCUT2D eigenvalue weighted by Crippen LogP contribution is 2.37. The van der Waals surface area contributed by atoms with Gasteiger partial charge in [-0.3, -0.25) is 4.79 Å². The number of halogens is 1. The van der Waals surface area contributed by atoms with Gasteiger partial charge >= 0.3 is 0 Å². The van der Waals surface area contributed by atoms with Crippen LogP contribution in [0.2, 0.25) is 0 Å². The third-order valence-electron chi connectivity index (χ3n) is 3.82. The van der Waals surface area contributed by atoms with Gasteiger partial charge in [0, 0.05) is 16.6 Å². The molecule has 4 heteroatoms. The highest BCUT2D eigenvalue weighted by atomic mass is 79.9. The topological polar surface area (TPSA) is 29.1 Å². The summed E-state index contributed by atoms with van der Waals surface area (Å²) in [6.45, 7) is 0. The van der Waals surface area contributed by atoms with Crippen LogP contribution >= 0.6 is 27.3 Å². The molecular formula is C15H22BrNOS. The van der Waals surface area contributed by atoms with Crippen molar-refractivity contribution in [3.8, 4) is 0 Å². The van der Waals surface area contributed by atoms with Gasteiger partial charge in [-0.15, -0.1) is 11.3 Å². The second kappa shape index (κ2) is 8.05. The quantitative estimate of drug-likeness (QED) is 0.566. The number of nitrogens with one attached hydrogen (secondary N) is 1. The summed E-state index contributed by atoms with van der Waals surface area (Å²) in [5.41, 5.74) is 0. The van der Waals surface area contributed by atoms with E-state index in [9.17, 15) is 4.79 Å². The van der Waals surface area contributed by atoms with Crippen LogP contribution in [0.5, 0.6) is 0 Å². The van der Waals surface area contributed by atoms with Crippen LogP contribution in [-0.2, 0) is 4.79 Å². The third-order valence-corrected chi connectivity index (χ3v) is 5.34. The number of alkyl halides is 1. The molecule has 2 nitrogen and oxygen atoms in total. The Morgan fingerprint density at radius 1 is 1.42 bits per heavy atom. The van der Waals surface area contributed by atoms with Crippen molar-refractivity contribution < 1.29 is 4.79 Å². The Balaban J connectivity index is 1.92. The molecule has 0 bridgehead atoms. The smallest absolute Gasteiger partial charge is 0.220 e. The molecule has 1 saturated carbocycles. The van der Waals surface area contributed by atoms with Gasteiger partial charge in [-0.1, -0.05) is 34.8 Å². The minimum Gasteiger partial charge on any atom is -0.348 e. The first-order valence-corrected chi connectivity index (χ1v) is 9.20. The van der Waals surface area contributed by atoms with Gasteiger partial charge < -0.3 is 5.32 Å². The molecule has 1 N–H and O–H groups in total. The molecule has 0 radical (unpaired) electrons. The van der Waals surface area contributed by atoms with Gasteiger partial charge in [0.05, 0.1) is 6.04 Å². The number of hydrogen-bond donors (Lipinski definition) is 1. The van der Waals surface area contributed by atoms with Crippen molar-refractivity contribution in [1.29, 1.82) is 0 Å². The van der Waals surface area contributed by atoms with Gasteiger partial charge in [-0.2, -0.15) is 0 Å². The molecule has 0 saturated heterocycles. The summed E-state index contributed by atoms with van der Waals surface area (Å²) in [5, 5.41) is 6.37. The molecule has 1 amide bonds. The number of carbonyl (C=O) groups excluding carboxylic acids is 1. The van der Waals surface area contributed by atoms with E-state index in [4.69, 9.17) is 0 Å². The van der Waals surface area contributed by atoms with Crippen molar-refractivity contribution in [3.63, 3.8) is 0 Å². The molecule has 1 atom stereocenters. The second-order valence-corrected chi connectivity index (χ2v) is 7.02. The zero-order chi connectivity index (χ0) is 13.5. The van der Waals surface area contributed by atoms with E-state index in [-0.39, 0.29) is 11.9 Å². The maximum atomic E-state index is 12.1. The van der Waals surface area contributed by atoms with Crippen LogP contribution in [-0.4, -0.2) is 11.2 Å². The van der Waals surface area contributed by atoms with Crippen molar-refractivity contribution in [2.75, 3.05) is 5.33 Å². The SMILES string of the molecule is O=C(CCCCBr)NC(c1cccs1)C1CCCC1. The molecular weight excluding hydrogens is 322 g/mol. The molecule has 0 spiro atoms. The number of carbonyl (C=O) groups is 1. The van der Waals surface area contributed by atoms with Crippen LogP contribution in [0.3, 0.4) is 0 Å². The van der Waals surface area contributed by atoms with E-state index in [0.29, 0.717) is 12.3 Å². The molecule has 0 aliphatic heterocycles. The Bertz CT molecular complexity index is 374. The summed E-state index contributed by atoms with van der Waals surface area (Å²) >= 11 is 5.17. The summed E-state index contributed by atoms with van der Waals surface area (Å²) in [7, 11) is 0. The molecule has 1 heterocycles. The number of unbranched alkanes of at least 4 members (excludes halogenated alkanes) is 1. The van der Waals surface area contributed by atoms with Crippen LogP contribution in [0.1, 0.15) is 55.9 Å². The fourth-order valence-electron chi connectivity index (χ4n) is 2.81. The maximum Gasteiger partial charge on any atom is 0.220 e. The lowest BCUT2D eigenvalue weighted by Crippen LogP contribution is -2.32. The first-order chi connectivity index (χ1) is 9.31. The van der Waals surface area contributed by atoms with Gasteiger partial charge in [0.2, 0.25) is 5.91 Å². The Hall–Kier alpha value is -0.350. The lowest BCUT2D eigenvalue weighted by Gasteiger charge is -2.23. The van der Waals surface area contributed by atoms with Crippen molar-refractivity contribution >= 4 is 33.2 Å². The first-order valence-electron chi connectivity index (χ1n) is 7.20. The fraction of sp³-hybridized carbons (Fsp3) is 0.667. The summed E-state index contributed by atoms with van der Waals surface area (Å²) in [4.78, 5) is 13.4. The van der Waals surface area contributed by atoms with E-state index in [0.717, 1.165) is 18.2 Å². The monoisotopic (exact) mass is 343 g/mol. The van der Waals surface area contributed by atoms with Crippen molar-refractivity contribution in [2.24, 2.45) is 5.92 Å². The molecule has 1 aliphatic rings. The lowest BCUT2D eigenvalue weighted by atomic mass is 9.96. The van der Waals surface area contributed by atoms with E-state index in [1.807, 2.05) is 0 Å². The molecule has 19 heavy (non-hydrogen) atoms. The first kappa shape index (κ1) is 15.0. The zero-order valence-electron chi connectivity index (χ0n) is 11.2. The number of rotatable bonds is 7. The Morgan fingerprint density at radius 2 is 2.21 bits per heavy atom. The standard InChI is InChI=1S/C15H22BrNOS/c16-10-4-3-9-14(18)17-15(12-6-1-2-7-12)13-8-5-11-19-13/h5,8,11-12,15H,1-4,6-7,9-10H2,(H,17,18). The molecule has 0 aromatic carbocycles. The lowest BCUT2D eigenvalue weighted by molar-refractivity contribution is -0.122. The molecule has 1 fully saturated rings. The Kier molecular flexibility index (Phi) is 6.38. The van der Waals surface area contributed by atoms with Gasteiger partial charge in [0.15, 0.2) is 0 Å². The van der Waals surface area contributed by atoms with Gasteiger partial charge in [-0.25, -0.2) is 0 Å². The van der Waals surface area contributed by atoms with Crippen LogP contribution in [0, 0.1) is 5.92 Å². The number of thiophene rings is 1. The van der Waals surface area contributed by atoms with Crippen molar-refractivity contribution in [1.82, 2.24) is 5.32 Å². The highest BCUT2D eigenvalue weighted by Gasteiger charge is 2.28.